The minimum atomic E-state index is 0.240. The average Bonchev–Trinajstić information content (AvgIpc) is 3.53. The highest BCUT2D eigenvalue weighted by molar-refractivity contribution is 6.00. The molecule has 1 aliphatic carbocycles. The molecule has 8 rings (SSSR count). The zero-order valence-corrected chi connectivity index (χ0v) is 30.7. The van der Waals surface area contributed by atoms with Gasteiger partial charge in [0.25, 0.3) is 0 Å². The molecule has 0 amide bonds. The van der Waals surface area contributed by atoms with Crippen molar-refractivity contribution < 1.29 is 0 Å². The van der Waals surface area contributed by atoms with Gasteiger partial charge in [-0.05, 0) is 113 Å². The fraction of sp³-hybridized carbons (Fsp3) is 0.120. The Balaban J connectivity index is 1.23. The molecule has 0 radical (unpaired) electrons. The maximum atomic E-state index is 6.53. The van der Waals surface area contributed by atoms with Crippen LogP contribution in [0.4, 0.5) is 0 Å². The molecule has 3 nitrogen and oxygen atoms in total. The molecular formula is C50H45N3. The van der Waals surface area contributed by atoms with E-state index in [1.54, 1.807) is 0 Å². The molecule has 3 heteroatoms. The molecular weight excluding hydrogens is 643 g/mol. The third-order valence-electron chi connectivity index (χ3n) is 10.6. The van der Waals surface area contributed by atoms with Gasteiger partial charge in [-0.3, -0.25) is 0 Å². The largest absolute Gasteiger partial charge is 0.397 e. The second kappa shape index (κ2) is 14.7. The van der Waals surface area contributed by atoms with Crippen LogP contribution in [0.3, 0.4) is 0 Å². The normalized spacial score (nSPS) is 15.5. The molecule has 2 heterocycles. The van der Waals surface area contributed by atoms with Gasteiger partial charge in [0.1, 0.15) is 0 Å². The molecule has 5 aromatic carbocycles. The Labute approximate surface area is 313 Å². The van der Waals surface area contributed by atoms with E-state index in [2.05, 4.69) is 175 Å². The summed E-state index contributed by atoms with van der Waals surface area (Å²) in [5.41, 5.74) is 21.9. The summed E-state index contributed by atoms with van der Waals surface area (Å²) < 4.78 is 2.39. The van der Waals surface area contributed by atoms with Crippen molar-refractivity contribution in [3.63, 3.8) is 0 Å². The molecule has 1 aromatic heterocycles. The van der Waals surface area contributed by atoms with E-state index >= 15 is 0 Å². The van der Waals surface area contributed by atoms with Crippen LogP contribution >= 0.6 is 0 Å². The van der Waals surface area contributed by atoms with Crippen LogP contribution in [0, 0.1) is 13.8 Å². The fourth-order valence-corrected chi connectivity index (χ4v) is 8.07. The minimum absolute atomic E-state index is 0.240. The first-order chi connectivity index (χ1) is 26.0. The molecule has 3 N–H and O–H groups in total. The molecule has 2 aliphatic rings. The fourth-order valence-electron chi connectivity index (χ4n) is 8.07. The van der Waals surface area contributed by atoms with Crippen molar-refractivity contribution in [1.82, 2.24) is 9.88 Å². The molecule has 0 bridgehead atoms. The highest BCUT2D eigenvalue weighted by Gasteiger charge is 2.23. The summed E-state index contributed by atoms with van der Waals surface area (Å²) in [6.07, 6.45) is 16.3. The van der Waals surface area contributed by atoms with Gasteiger partial charge in [0.2, 0.25) is 0 Å². The van der Waals surface area contributed by atoms with Crippen LogP contribution in [0.1, 0.15) is 52.8 Å². The van der Waals surface area contributed by atoms with Crippen molar-refractivity contribution >= 4 is 33.3 Å². The Bertz CT molecular complexity index is 2560. The van der Waals surface area contributed by atoms with Gasteiger partial charge in [0, 0.05) is 22.6 Å². The van der Waals surface area contributed by atoms with Crippen molar-refractivity contribution in [2.24, 2.45) is 5.73 Å². The number of benzene rings is 4. The Kier molecular flexibility index (Phi) is 9.40. The molecule has 0 spiro atoms. The predicted octanol–water partition coefficient (Wildman–Crippen LogP) is 12.2. The van der Waals surface area contributed by atoms with E-state index in [1.807, 2.05) is 25.2 Å². The van der Waals surface area contributed by atoms with Crippen molar-refractivity contribution in [2.75, 3.05) is 0 Å². The molecule has 260 valence electrons. The van der Waals surface area contributed by atoms with E-state index in [4.69, 9.17) is 5.73 Å². The van der Waals surface area contributed by atoms with Gasteiger partial charge in [0.15, 0.2) is 0 Å². The highest BCUT2D eigenvalue weighted by Crippen LogP contribution is 2.40. The highest BCUT2D eigenvalue weighted by atomic mass is 15.0. The number of para-hydroxylation sites is 1. The molecule has 1 aliphatic heterocycles. The Morgan fingerprint density at radius 2 is 1.45 bits per heavy atom. The van der Waals surface area contributed by atoms with E-state index < -0.39 is 0 Å². The number of fused-ring (bicyclic) bond motifs is 4. The van der Waals surface area contributed by atoms with Gasteiger partial charge >= 0.3 is 0 Å². The summed E-state index contributed by atoms with van der Waals surface area (Å²) in [6, 6.07) is 46.2. The molecule has 6 aromatic rings. The SMILES string of the molecule is C/C=C\C=C(/N)C1=Cc2c(n(-c3ccccc3)c3ccc(C4=CCC(c5c(C)ccccc(C)c(-c6ccccc6)c6ccccc56)C=C4)cc23)CN1. The van der Waals surface area contributed by atoms with Crippen molar-refractivity contribution in [3.8, 4) is 16.8 Å². The number of nitrogens with zero attached hydrogens (tertiary/aromatic N) is 1. The molecule has 53 heavy (non-hydrogen) atoms. The van der Waals surface area contributed by atoms with Gasteiger partial charge in [-0.15, -0.1) is 0 Å². The Morgan fingerprint density at radius 1 is 0.755 bits per heavy atom. The zero-order valence-electron chi connectivity index (χ0n) is 30.7. The lowest BCUT2D eigenvalue weighted by molar-refractivity contribution is 0.765. The first kappa shape index (κ1) is 33.8. The first-order valence-corrected chi connectivity index (χ1v) is 18.6. The lowest BCUT2D eigenvalue weighted by atomic mass is 9.83. The number of nitrogens with two attached hydrogens (primary N) is 1. The zero-order chi connectivity index (χ0) is 36.3. The lowest BCUT2D eigenvalue weighted by Gasteiger charge is -2.21. The van der Waals surface area contributed by atoms with E-state index in [0.29, 0.717) is 6.54 Å². The van der Waals surface area contributed by atoms with Crippen molar-refractivity contribution in [2.45, 2.75) is 39.7 Å². The Hall–Kier alpha value is -6.32. The number of aromatic nitrogens is 1. The van der Waals surface area contributed by atoms with Crippen LogP contribution in [0.2, 0.25) is 0 Å². The number of allylic oxidation sites excluding steroid dienone is 7. The summed E-state index contributed by atoms with van der Waals surface area (Å²) >= 11 is 0. The average molecular weight is 688 g/mol. The summed E-state index contributed by atoms with van der Waals surface area (Å²) in [4.78, 5) is 0. The lowest BCUT2D eigenvalue weighted by Crippen LogP contribution is -2.23. The molecule has 1 atom stereocenters. The first-order valence-electron chi connectivity index (χ1n) is 18.6. The smallest absolute Gasteiger partial charge is 0.0584 e. The third kappa shape index (κ3) is 6.51. The van der Waals surface area contributed by atoms with E-state index in [1.165, 1.54) is 71.9 Å². The van der Waals surface area contributed by atoms with Crippen LogP contribution in [-0.4, -0.2) is 4.57 Å². The number of rotatable bonds is 6. The van der Waals surface area contributed by atoms with Crippen LogP contribution in [0.15, 0.2) is 175 Å². The third-order valence-corrected chi connectivity index (χ3v) is 10.6. The molecule has 0 saturated heterocycles. The standard InChI is InChI=1S/C50H45N3/c1-4-5-24-45(51)46-32-44-43-31-39(29-30-47(43)53(48(44)33-52-46)40-20-10-7-11-21-40)36-25-27-38(28-26-36)50-35(3)17-13-12-16-34(2)49(37-18-8-6-9-19-37)41-22-14-15-23-42(41)50/h4-27,29-32,38,52H,28,33,51H2,1-3H3/b5-4-,13-12?,16-12?,17-13?,34-16?,35-17?,45-24-,49-34?,49-41?,50-35?,50-42?. The van der Waals surface area contributed by atoms with Gasteiger partial charge in [-0.2, -0.15) is 0 Å². The van der Waals surface area contributed by atoms with Crippen molar-refractivity contribution in [3.05, 3.63) is 209 Å². The summed E-state index contributed by atoms with van der Waals surface area (Å²) in [5.74, 6) is 0.240. The van der Waals surface area contributed by atoms with Gasteiger partial charge < -0.3 is 15.6 Å². The quantitative estimate of drug-likeness (QED) is 0.171. The van der Waals surface area contributed by atoms with Gasteiger partial charge in [0.05, 0.1) is 29.1 Å². The summed E-state index contributed by atoms with van der Waals surface area (Å²) in [6.45, 7) is 7.18. The molecule has 0 fully saturated rings. The number of hydrogen-bond donors (Lipinski definition) is 2. The van der Waals surface area contributed by atoms with E-state index in [-0.39, 0.29) is 5.92 Å². The van der Waals surface area contributed by atoms with Gasteiger partial charge in [-0.25, -0.2) is 0 Å². The Morgan fingerprint density at radius 3 is 2.19 bits per heavy atom. The summed E-state index contributed by atoms with van der Waals surface area (Å²) in [7, 11) is 0. The number of hydrogen-bond acceptors (Lipinski definition) is 2. The van der Waals surface area contributed by atoms with E-state index in [9.17, 15) is 0 Å². The van der Waals surface area contributed by atoms with Crippen LogP contribution in [0.5, 0.6) is 0 Å². The topological polar surface area (TPSA) is 43.0 Å². The van der Waals surface area contributed by atoms with E-state index in [0.717, 1.165) is 23.5 Å². The van der Waals surface area contributed by atoms with Crippen LogP contribution in [0.25, 0.3) is 50.1 Å². The monoisotopic (exact) mass is 687 g/mol. The molecule has 0 saturated carbocycles. The van der Waals surface area contributed by atoms with Crippen LogP contribution < -0.4 is 11.1 Å². The maximum absolute atomic E-state index is 6.53. The minimum Gasteiger partial charge on any atom is -0.397 e. The number of nitrogens with one attached hydrogen (secondary N) is 1. The maximum Gasteiger partial charge on any atom is 0.0584 e. The predicted molar refractivity (Wildman–Crippen MR) is 226 cm³/mol. The van der Waals surface area contributed by atoms with Crippen molar-refractivity contribution in [1.29, 1.82) is 0 Å². The molecule has 1 unspecified atom stereocenters. The van der Waals surface area contributed by atoms with Gasteiger partial charge in [-0.1, -0.05) is 134 Å². The summed E-state index contributed by atoms with van der Waals surface area (Å²) in [5, 5.41) is 7.38. The van der Waals surface area contributed by atoms with Crippen LogP contribution in [-0.2, 0) is 6.54 Å². The second-order valence-corrected chi connectivity index (χ2v) is 14.0. The second-order valence-electron chi connectivity index (χ2n) is 14.0. The number of aryl methyl sites for hydroxylation is 2.